The largest absolute Gasteiger partial charge is 0.0651 e. The lowest BCUT2D eigenvalue weighted by Gasteiger charge is -2.27. The van der Waals surface area contributed by atoms with Crippen molar-refractivity contribution in [3.8, 4) is 0 Å². The Morgan fingerprint density at radius 1 is 1.17 bits per heavy atom. The second kappa shape index (κ2) is 3.81. The highest BCUT2D eigenvalue weighted by Crippen LogP contribution is 2.46. The Balaban J connectivity index is 2.68. The molecule has 1 aliphatic carbocycles. The molecule has 0 nitrogen and oxygen atoms in total. The van der Waals surface area contributed by atoms with Crippen LogP contribution < -0.4 is 0 Å². The first-order chi connectivity index (χ1) is 5.57. The van der Waals surface area contributed by atoms with Gasteiger partial charge in [-0.3, -0.25) is 0 Å². The fraction of sp³-hybridized carbons (Fsp3) is 1.00. The van der Waals surface area contributed by atoms with Gasteiger partial charge in [-0.1, -0.05) is 41.0 Å². The Labute approximate surface area is 77.7 Å². The van der Waals surface area contributed by atoms with E-state index in [9.17, 15) is 0 Å². The molecule has 1 aliphatic rings. The Morgan fingerprint density at radius 2 is 1.75 bits per heavy atom. The molecule has 0 N–H and O–H groups in total. The zero-order chi connectivity index (χ0) is 9.30. The molecule has 1 saturated carbocycles. The highest BCUT2D eigenvalue weighted by Gasteiger charge is 2.38. The Kier molecular flexibility index (Phi) is 3.20. The fourth-order valence-corrected chi connectivity index (χ4v) is 3.55. The third kappa shape index (κ3) is 1.67. The summed E-state index contributed by atoms with van der Waals surface area (Å²) in [6, 6.07) is 0. The first-order valence-corrected chi connectivity index (χ1v) is 5.57. The first kappa shape index (κ1) is 10.1. The molecule has 0 aromatic rings. The molecule has 1 fully saturated rings. The molecule has 1 rings (SSSR count). The van der Waals surface area contributed by atoms with Crippen LogP contribution in [0.1, 0.15) is 47.5 Å². The van der Waals surface area contributed by atoms with Gasteiger partial charge in [-0.2, -0.15) is 0 Å². The Bertz CT molecular complexity index is 137. The summed E-state index contributed by atoms with van der Waals surface area (Å²) in [5.41, 5.74) is 0. The second-order valence-electron chi connectivity index (χ2n) is 5.08. The fourth-order valence-electron chi connectivity index (χ4n) is 3.55. The van der Waals surface area contributed by atoms with Gasteiger partial charge < -0.3 is 0 Å². The SMILES string of the molecule is CCC1C(C)CC(C)C1C(C)C. The maximum absolute atomic E-state index is 2.44. The molecule has 0 saturated heterocycles. The monoisotopic (exact) mass is 168 g/mol. The van der Waals surface area contributed by atoms with Gasteiger partial charge in [-0.25, -0.2) is 0 Å². The molecule has 0 amide bonds. The van der Waals surface area contributed by atoms with Gasteiger partial charge >= 0.3 is 0 Å². The molecule has 0 aromatic heterocycles. The van der Waals surface area contributed by atoms with Crippen molar-refractivity contribution in [2.24, 2.45) is 29.6 Å². The van der Waals surface area contributed by atoms with E-state index >= 15 is 0 Å². The summed E-state index contributed by atoms with van der Waals surface area (Å²) in [5, 5.41) is 0. The van der Waals surface area contributed by atoms with E-state index in [-0.39, 0.29) is 0 Å². The van der Waals surface area contributed by atoms with Gasteiger partial charge in [0.2, 0.25) is 0 Å². The van der Waals surface area contributed by atoms with Gasteiger partial charge in [0, 0.05) is 0 Å². The van der Waals surface area contributed by atoms with Crippen molar-refractivity contribution in [2.75, 3.05) is 0 Å². The van der Waals surface area contributed by atoms with Crippen LogP contribution in [0, 0.1) is 29.6 Å². The number of hydrogen-bond acceptors (Lipinski definition) is 0. The molecule has 0 aromatic carbocycles. The summed E-state index contributed by atoms with van der Waals surface area (Å²) >= 11 is 0. The average Bonchev–Trinajstić information content (AvgIpc) is 2.24. The van der Waals surface area contributed by atoms with Crippen molar-refractivity contribution < 1.29 is 0 Å². The standard InChI is InChI=1S/C12H24/c1-6-11-9(4)7-10(5)12(11)8(2)3/h8-12H,6-7H2,1-5H3. The van der Waals surface area contributed by atoms with Crippen LogP contribution in [0.2, 0.25) is 0 Å². The molecule has 4 atom stereocenters. The van der Waals surface area contributed by atoms with Gasteiger partial charge in [0.1, 0.15) is 0 Å². The Morgan fingerprint density at radius 3 is 2.08 bits per heavy atom. The minimum Gasteiger partial charge on any atom is -0.0651 e. The van der Waals surface area contributed by atoms with Crippen molar-refractivity contribution in [3.05, 3.63) is 0 Å². The molecular weight excluding hydrogens is 144 g/mol. The van der Waals surface area contributed by atoms with Crippen molar-refractivity contribution >= 4 is 0 Å². The van der Waals surface area contributed by atoms with Crippen LogP contribution in [0.3, 0.4) is 0 Å². The molecule has 0 radical (unpaired) electrons. The second-order valence-corrected chi connectivity index (χ2v) is 5.08. The average molecular weight is 168 g/mol. The van der Waals surface area contributed by atoms with Crippen LogP contribution in [0.4, 0.5) is 0 Å². The summed E-state index contributed by atoms with van der Waals surface area (Å²) in [5.74, 6) is 4.81. The molecule has 0 aliphatic heterocycles. The van der Waals surface area contributed by atoms with E-state index in [2.05, 4.69) is 34.6 Å². The smallest absolute Gasteiger partial charge is 0.0334 e. The zero-order valence-electron chi connectivity index (χ0n) is 9.30. The lowest BCUT2D eigenvalue weighted by Crippen LogP contribution is -2.20. The van der Waals surface area contributed by atoms with Crippen LogP contribution >= 0.6 is 0 Å². The lowest BCUT2D eigenvalue weighted by molar-refractivity contribution is 0.220. The van der Waals surface area contributed by atoms with E-state index in [1.807, 2.05) is 0 Å². The van der Waals surface area contributed by atoms with Crippen LogP contribution in [0.25, 0.3) is 0 Å². The minimum absolute atomic E-state index is 0.884. The van der Waals surface area contributed by atoms with Crippen LogP contribution in [-0.4, -0.2) is 0 Å². The summed E-state index contributed by atoms with van der Waals surface area (Å²) < 4.78 is 0. The molecule has 0 spiro atoms. The highest BCUT2D eigenvalue weighted by molar-refractivity contribution is 4.87. The summed E-state index contributed by atoms with van der Waals surface area (Å²) in [6.07, 6.45) is 2.84. The van der Waals surface area contributed by atoms with Gasteiger partial charge in [0.25, 0.3) is 0 Å². The maximum Gasteiger partial charge on any atom is -0.0334 e. The van der Waals surface area contributed by atoms with Gasteiger partial charge in [0.15, 0.2) is 0 Å². The highest BCUT2D eigenvalue weighted by atomic mass is 14.4. The van der Waals surface area contributed by atoms with E-state index < -0.39 is 0 Å². The normalized spacial score (nSPS) is 42.5. The van der Waals surface area contributed by atoms with E-state index in [1.54, 1.807) is 0 Å². The number of hydrogen-bond donors (Lipinski definition) is 0. The van der Waals surface area contributed by atoms with E-state index in [0.29, 0.717) is 0 Å². The quantitative estimate of drug-likeness (QED) is 0.585. The molecule has 4 unspecified atom stereocenters. The van der Waals surface area contributed by atoms with Gasteiger partial charge in [0.05, 0.1) is 0 Å². The maximum atomic E-state index is 2.44. The molecule has 0 heteroatoms. The first-order valence-electron chi connectivity index (χ1n) is 5.57. The Hall–Kier alpha value is 0. The van der Waals surface area contributed by atoms with Crippen molar-refractivity contribution in [1.29, 1.82) is 0 Å². The van der Waals surface area contributed by atoms with E-state index in [4.69, 9.17) is 0 Å². The predicted molar refractivity (Wildman–Crippen MR) is 55.1 cm³/mol. The zero-order valence-corrected chi connectivity index (χ0v) is 9.30. The summed E-state index contributed by atoms with van der Waals surface area (Å²) in [6.45, 7) is 12.0. The molecule has 0 bridgehead atoms. The van der Waals surface area contributed by atoms with Crippen molar-refractivity contribution in [1.82, 2.24) is 0 Å². The molecule has 0 heterocycles. The number of rotatable bonds is 2. The van der Waals surface area contributed by atoms with Crippen LogP contribution in [-0.2, 0) is 0 Å². The van der Waals surface area contributed by atoms with Crippen LogP contribution in [0.5, 0.6) is 0 Å². The topological polar surface area (TPSA) is 0 Å². The molecular formula is C12H24. The predicted octanol–water partition coefficient (Wildman–Crippen LogP) is 3.96. The van der Waals surface area contributed by atoms with Crippen molar-refractivity contribution in [2.45, 2.75) is 47.5 Å². The van der Waals surface area contributed by atoms with E-state index in [1.165, 1.54) is 12.8 Å². The molecule has 12 heavy (non-hydrogen) atoms. The lowest BCUT2D eigenvalue weighted by atomic mass is 9.79. The van der Waals surface area contributed by atoms with Gasteiger partial charge in [-0.05, 0) is 36.0 Å². The minimum atomic E-state index is 0.884. The third-order valence-corrected chi connectivity index (χ3v) is 3.87. The molecule has 72 valence electrons. The van der Waals surface area contributed by atoms with E-state index in [0.717, 1.165) is 29.6 Å². The van der Waals surface area contributed by atoms with Crippen molar-refractivity contribution in [3.63, 3.8) is 0 Å². The summed E-state index contributed by atoms with van der Waals surface area (Å²) in [4.78, 5) is 0. The van der Waals surface area contributed by atoms with Crippen LogP contribution in [0.15, 0.2) is 0 Å². The third-order valence-electron chi connectivity index (χ3n) is 3.87. The van der Waals surface area contributed by atoms with Gasteiger partial charge in [-0.15, -0.1) is 0 Å². The summed E-state index contributed by atoms with van der Waals surface area (Å²) in [7, 11) is 0.